The highest BCUT2D eigenvalue weighted by molar-refractivity contribution is 14.0. The molecule has 0 saturated heterocycles. The van der Waals surface area contributed by atoms with E-state index < -0.39 is 9.84 Å². The van der Waals surface area contributed by atoms with Gasteiger partial charge in [0.1, 0.15) is 9.84 Å². The number of rotatable bonds is 8. The molecule has 0 saturated carbocycles. The monoisotopic (exact) mass is 474 g/mol. The molecule has 0 aliphatic rings. The molecule has 0 bridgehead atoms. The van der Waals surface area contributed by atoms with Gasteiger partial charge in [0.15, 0.2) is 5.96 Å². The van der Waals surface area contributed by atoms with Crippen LogP contribution in [-0.4, -0.2) is 51.0 Å². The Balaban J connectivity index is 0.00000484. The lowest BCUT2D eigenvalue weighted by atomic mass is 10.3. The van der Waals surface area contributed by atoms with Gasteiger partial charge in [0.2, 0.25) is 0 Å². The van der Waals surface area contributed by atoms with Gasteiger partial charge in [-0.2, -0.15) is 0 Å². The van der Waals surface area contributed by atoms with Gasteiger partial charge in [-0.3, -0.25) is 4.99 Å². The van der Waals surface area contributed by atoms with Crippen LogP contribution in [-0.2, 0) is 22.7 Å². The lowest BCUT2D eigenvalue weighted by Gasteiger charge is -2.17. The van der Waals surface area contributed by atoms with Crippen LogP contribution >= 0.6 is 35.3 Å². The summed E-state index contributed by atoms with van der Waals surface area (Å²) in [6.45, 7) is 4.79. The molecular formula is C14H27IN4O2S2. The van der Waals surface area contributed by atoms with Crippen molar-refractivity contribution in [2.24, 2.45) is 4.99 Å². The van der Waals surface area contributed by atoms with Crippen molar-refractivity contribution in [3.63, 3.8) is 0 Å². The Hall–Kier alpha value is -0.420. The van der Waals surface area contributed by atoms with Gasteiger partial charge < -0.3 is 10.6 Å². The fourth-order valence-electron chi connectivity index (χ4n) is 1.83. The molecule has 0 aliphatic heterocycles. The zero-order valence-corrected chi connectivity index (χ0v) is 18.1. The van der Waals surface area contributed by atoms with E-state index in [1.807, 2.05) is 6.92 Å². The van der Waals surface area contributed by atoms with Crippen LogP contribution in [0.4, 0.5) is 0 Å². The van der Waals surface area contributed by atoms with Gasteiger partial charge in [0.25, 0.3) is 0 Å². The van der Waals surface area contributed by atoms with E-state index in [0.717, 1.165) is 30.1 Å². The first kappa shape index (κ1) is 22.6. The molecule has 0 amide bonds. The molecule has 134 valence electrons. The second kappa shape index (κ2) is 11.2. The van der Waals surface area contributed by atoms with Gasteiger partial charge >= 0.3 is 0 Å². The van der Waals surface area contributed by atoms with E-state index in [-0.39, 0.29) is 35.8 Å². The number of halogens is 1. The molecule has 23 heavy (non-hydrogen) atoms. The van der Waals surface area contributed by atoms with Gasteiger partial charge in [-0.25, -0.2) is 13.4 Å². The summed E-state index contributed by atoms with van der Waals surface area (Å²) < 4.78 is 22.3. The lowest BCUT2D eigenvalue weighted by Crippen LogP contribution is -2.43. The van der Waals surface area contributed by atoms with E-state index in [0.29, 0.717) is 12.4 Å². The van der Waals surface area contributed by atoms with E-state index in [1.165, 1.54) is 6.26 Å². The van der Waals surface area contributed by atoms with Gasteiger partial charge in [-0.05, 0) is 19.8 Å². The summed E-state index contributed by atoms with van der Waals surface area (Å²) in [4.78, 5) is 8.67. The maximum atomic E-state index is 11.2. The van der Waals surface area contributed by atoms with Crippen molar-refractivity contribution in [2.75, 3.05) is 25.6 Å². The average molecular weight is 474 g/mol. The number of aromatic nitrogens is 1. The minimum absolute atomic E-state index is 0. The summed E-state index contributed by atoms with van der Waals surface area (Å²) in [5, 5.41) is 9.67. The zero-order valence-electron chi connectivity index (χ0n) is 14.1. The Morgan fingerprint density at radius 2 is 2.17 bits per heavy atom. The van der Waals surface area contributed by atoms with Crippen LogP contribution in [0.3, 0.4) is 0 Å². The fourth-order valence-corrected chi connectivity index (χ4v) is 3.39. The third kappa shape index (κ3) is 10.1. The van der Waals surface area contributed by atoms with Crippen molar-refractivity contribution >= 4 is 51.1 Å². The average Bonchev–Trinajstić information content (AvgIpc) is 2.91. The molecule has 0 fully saturated rings. The van der Waals surface area contributed by atoms with Crippen LogP contribution in [0.2, 0.25) is 0 Å². The number of aliphatic imine (C=N–C) groups is 1. The smallest absolute Gasteiger partial charge is 0.191 e. The number of nitrogens with one attached hydrogen (secondary N) is 2. The maximum Gasteiger partial charge on any atom is 0.191 e. The topological polar surface area (TPSA) is 83.4 Å². The summed E-state index contributed by atoms with van der Waals surface area (Å²) in [5.74, 6) is 0.864. The molecule has 0 aromatic carbocycles. The van der Waals surface area contributed by atoms with Crippen molar-refractivity contribution < 1.29 is 8.42 Å². The Kier molecular flexibility index (Phi) is 11.0. The number of sulfone groups is 1. The normalized spacial score (nSPS) is 13.3. The third-order valence-corrected chi connectivity index (χ3v) is 5.12. The molecular weight excluding hydrogens is 447 g/mol. The highest BCUT2D eigenvalue weighted by atomic mass is 127. The molecule has 0 radical (unpaired) electrons. The standard InChI is InChI=1S/C14H26N4O2S2.HI/c1-5-13-18-12(10-21-13)6-8-16-14(15-3)17-11(2)7-9-22(4,19)20;/h10-11H,5-9H2,1-4H3,(H2,15,16,17);1H. The Labute approximate surface area is 160 Å². The summed E-state index contributed by atoms with van der Waals surface area (Å²) >= 11 is 1.69. The number of hydrogen-bond acceptors (Lipinski definition) is 5. The van der Waals surface area contributed by atoms with Crippen molar-refractivity contribution in [1.82, 2.24) is 15.6 Å². The molecule has 1 aromatic rings. The number of thiazole rings is 1. The lowest BCUT2D eigenvalue weighted by molar-refractivity contribution is 0.581. The number of nitrogens with zero attached hydrogens (tertiary/aromatic N) is 2. The van der Waals surface area contributed by atoms with E-state index in [4.69, 9.17) is 0 Å². The van der Waals surface area contributed by atoms with Gasteiger partial charge in [0.05, 0.1) is 16.5 Å². The molecule has 0 spiro atoms. The fraction of sp³-hybridized carbons (Fsp3) is 0.714. The largest absolute Gasteiger partial charge is 0.356 e. The van der Waals surface area contributed by atoms with Crippen molar-refractivity contribution in [3.05, 3.63) is 16.1 Å². The van der Waals surface area contributed by atoms with Crippen LogP contribution in [0.15, 0.2) is 10.4 Å². The van der Waals surface area contributed by atoms with Gasteiger partial charge in [-0.1, -0.05) is 6.92 Å². The van der Waals surface area contributed by atoms with E-state index in [9.17, 15) is 8.42 Å². The third-order valence-electron chi connectivity index (χ3n) is 3.10. The highest BCUT2D eigenvalue weighted by Gasteiger charge is 2.09. The minimum atomic E-state index is -2.92. The van der Waals surface area contributed by atoms with Crippen molar-refractivity contribution in [2.45, 2.75) is 39.2 Å². The quantitative estimate of drug-likeness (QED) is 0.342. The highest BCUT2D eigenvalue weighted by Crippen LogP contribution is 2.10. The summed E-state index contributed by atoms with van der Waals surface area (Å²) in [7, 11) is -1.22. The van der Waals surface area contributed by atoms with Crippen LogP contribution in [0, 0.1) is 0 Å². The van der Waals surface area contributed by atoms with E-state index in [2.05, 4.69) is 32.9 Å². The van der Waals surface area contributed by atoms with E-state index >= 15 is 0 Å². The van der Waals surface area contributed by atoms with Crippen molar-refractivity contribution in [3.8, 4) is 0 Å². The summed E-state index contributed by atoms with van der Waals surface area (Å²) in [5.41, 5.74) is 1.09. The Morgan fingerprint density at radius 1 is 1.48 bits per heavy atom. The summed E-state index contributed by atoms with van der Waals surface area (Å²) in [6.07, 6.45) is 3.63. The molecule has 1 atom stereocenters. The molecule has 1 heterocycles. The molecule has 1 unspecified atom stereocenters. The molecule has 9 heteroatoms. The molecule has 0 aliphatic carbocycles. The second-order valence-electron chi connectivity index (χ2n) is 5.30. The second-order valence-corrected chi connectivity index (χ2v) is 8.50. The van der Waals surface area contributed by atoms with Crippen LogP contribution in [0.25, 0.3) is 0 Å². The zero-order chi connectivity index (χ0) is 16.6. The van der Waals surface area contributed by atoms with Gasteiger partial charge in [-0.15, -0.1) is 35.3 Å². The molecule has 1 aromatic heterocycles. The molecule has 6 nitrogen and oxygen atoms in total. The van der Waals surface area contributed by atoms with Crippen LogP contribution in [0.1, 0.15) is 31.0 Å². The number of aryl methyl sites for hydroxylation is 1. The van der Waals surface area contributed by atoms with Crippen molar-refractivity contribution in [1.29, 1.82) is 0 Å². The first-order chi connectivity index (χ1) is 10.3. The first-order valence-corrected chi connectivity index (χ1v) is 10.4. The number of hydrogen-bond donors (Lipinski definition) is 2. The predicted octanol–water partition coefficient (Wildman–Crippen LogP) is 1.85. The Morgan fingerprint density at radius 3 is 2.70 bits per heavy atom. The number of guanidine groups is 1. The van der Waals surface area contributed by atoms with Crippen LogP contribution in [0.5, 0.6) is 0 Å². The maximum absolute atomic E-state index is 11.2. The Bertz CT molecular complexity index is 587. The SMILES string of the molecule is CCc1nc(CCNC(=NC)NC(C)CCS(C)(=O)=O)cs1.I. The van der Waals surface area contributed by atoms with Gasteiger partial charge in [0, 0.05) is 37.7 Å². The molecule has 1 rings (SSSR count). The van der Waals surface area contributed by atoms with E-state index in [1.54, 1.807) is 18.4 Å². The molecule has 2 N–H and O–H groups in total. The minimum Gasteiger partial charge on any atom is -0.356 e. The predicted molar refractivity (Wildman–Crippen MR) is 109 cm³/mol. The first-order valence-electron chi connectivity index (χ1n) is 7.42. The van der Waals surface area contributed by atoms with Crippen LogP contribution < -0.4 is 10.6 Å². The summed E-state index contributed by atoms with van der Waals surface area (Å²) in [6, 6.07) is 0.0480.